The van der Waals surface area contributed by atoms with E-state index in [1.54, 1.807) is 19.0 Å². The van der Waals surface area contributed by atoms with Gasteiger partial charge in [-0.15, -0.1) is 24.0 Å². The minimum Gasteiger partial charge on any atom is -0.381 e. The SMILES string of the molecule is CN(C)C(=O)CN=C(NCC1CCOC1)N1CCC(C2CCOC2)C1.I. The van der Waals surface area contributed by atoms with Crippen molar-refractivity contribution in [2.75, 3.05) is 66.7 Å². The van der Waals surface area contributed by atoms with Gasteiger partial charge < -0.3 is 24.6 Å². The summed E-state index contributed by atoms with van der Waals surface area (Å²) in [6.45, 7) is 6.55. The zero-order valence-electron chi connectivity index (χ0n) is 16.0. The van der Waals surface area contributed by atoms with Gasteiger partial charge in [-0.2, -0.15) is 0 Å². The number of likely N-dealkylation sites (tertiary alicyclic amines) is 1. The number of halogens is 1. The normalized spacial score (nSPS) is 28.9. The van der Waals surface area contributed by atoms with Gasteiger partial charge in [0.1, 0.15) is 6.54 Å². The summed E-state index contributed by atoms with van der Waals surface area (Å²) < 4.78 is 11.0. The molecule has 0 aromatic rings. The number of aliphatic imine (C=N–C) groups is 1. The Kier molecular flexibility index (Phi) is 8.89. The first-order valence-corrected chi connectivity index (χ1v) is 9.52. The molecular formula is C18H33IN4O3. The molecule has 150 valence electrons. The molecule has 26 heavy (non-hydrogen) atoms. The van der Waals surface area contributed by atoms with E-state index in [9.17, 15) is 4.79 Å². The van der Waals surface area contributed by atoms with Crippen LogP contribution in [0.3, 0.4) is 0 Å². The Morgan fingerprint density at radius 1 is 1.15 bits per heavy atom. The molecule has 0 spiro atoms. The van der Waals surface area contributed by atoms with Crippen LogP contribution in [-0.4, -0.2) is 88.4 Å². The van der Waals surface area contributed by atoms with Gasteiger partial charge >= 0.3 is 0 Å². The van der Waals surface area contributed by atoms with Crippen LogP contribution >= 0.6 is 24.0 Å². The van der Waals surface area contributed by atoms with Crippen molar-refractivity contribution >= 4 is 35.8 Å². The van der Waals surface area contributed by atoms with E-state index in [-0.39, 0.29) is 36.4 Å². The van der Waals surface area contributed by atoms with Gasteiger partial charge in [-0.25, -0.2) is 4.99 Å². The second kappa shape index (κ2) is 10.7. The van der Waals surface area contributed by atoms with E-state index < -0.39 is 0 Å². The van der Waals surface area contributed by atoms with Crippen LogP contribution in [0.5, 0.6) is 0 Å². The monoisotopic (exact) mass is 480 g/mol. The average Bonchev–Trinajstić information content (AvgIpc) is 3.35. The summed E-state index contributed by atoms with van der Waals surface area (Å²) in [5.41, 5.74) is 0. The quantitative estimate of drug-likeness (QED) is 0.362. The zero-order valence-corrected chi connectivity index (χ0v) is 18.3. The molecule has 0 aromatic carbocycles. The number of nitrogens with one attached hydrogen (secondary N) is 1. The maximum atomic E-state index is 11.9. The lowest BCUT2D eigenvalue weighted by Crippen LogP contribution is -2.43. The Morgan fingerprint density at radius 2 is 1.92 bits per heavy atom. The maximum Gasteiger partial charge on any atom is 0.243 e. The number of ether oxygens (including phenoxy) is 2. The molecule has 0 saturated carbocycles. The number of amides is 1. The molecule has 1 N–H and O–H groups in total. The Morgan fingerprint density at radius 3 is 2.58 bits per heavy atom. The van der Waals surface area contributed by atoms with Crippen LogP contribution in [0.2, 0.25) is 0 Å². The van der Waals surface area contributed by atoms with Crippen LogP contribution in [0.4, 0.5) is 0 Å². The molecule has 0 aromatic heterocycles. The second-order valence-corrected chi connectivity index (χ2v) is 7.66. The summed E-state index contributed by atoms with van der Waals surface area (Å²) in [4.78, 5) is 20.5. The number of carbonyl (C=O) groups is 1. The molecule has 3 saturated heterocycles. The van der Waals surface area contributed by atoms with Gasteiger partial charge in [0, 0.05) is 59.5 Å². The minimum atomic E-state index is 0. The van der Waals surface area contributed by atoms with Gasteiger partial charge in [0.2, 0.25) is 5.91 Å². The average molecular weight is 480 g/mol. The predicted molar refractivity (Wildman–Crippen MR) is 112 cm³/mol. The molecule has 3 atom stereocenters. The minimum absolute atomic E-state index is 0. The topological polar surface area (TPSA) is 66.4 Å². The summed E-state index contributed by atoms with van der Waals surface area (Å²) in [5.74, 6) is 2.80. The second-order valence-electron chi connectivity index (χ2n) is 7.66. The molecule has 3 unspecified atom stereocenters. The number of hydrogen-bond donors (Lipinski definition) is 1. The highest BCUT2D eigenvalue weighted by Gasteiger charge is 2.33. The highest BCUT2D eigenvalue weighted by molar-refractivity contribution is 14.0. The lowest BCUT2D eigenvalue weighted by molar-refractivity contribution is -0.127. The van der Waals surface area contributed by atoms with Crippen molar-refractivity contribution in [1.29, 1.82) is 0 Å². The van der Waals surface area contributed by atoms with Crippen molar-refractivity contribution in [2.45, 2.75) is 19.3 Å². The molecule has 8 heteroatoms. The number of likely N-dealkylation sites (N-methyl/N-ethyl adjacent to an activating group) is 1. The Hall–Kier alpha value is -0.610. The molecule has 3 rings (SSSR count). The first-order chi connectivity index (χ1) is 12.1. The first-order valence-electron chi connectivity index (χ1n) is 9.52. The largest absolute Gasteiger partial charge is 0.381 e. The predicted octanol–water partition coefficient (Wildman–Crippen LogP) is 1.03. The van der Waals surface area contributed by atoms with Crippen molar-refractivity contribution in [3.8, 4) is 0 Å². The standard InChI is InChI=1S/C18H32N4O3.HI/c1-21(2)17(23)10-20-18(19-9-14-4-7-24-12-14)22-6-3-15(11-22)16-5-8-25-13-16;/h14-16H,3-13H2,1-2H3,(H,19,20);1H. The molecule has 3 fully saturated rings. The highest BCUT2D eigenvalue weighted by atomic mass is 127. The van der Waals surface area contributed by atoms with Gasteiger partial charge in [0.15, 0.2) is 5.96 Å². The van der Waals surface area contributed by atoms with Gasteiger partial charge in [0.05, 0.1) is 6.61 Å². The van der Waals surface area contributed by atoms with Crippen molar-refractivity contribution in [2.24, 2.45) is 22.7 Å². The van der Waals surface area contributed by atoms with E-state index in [0.29, 0.717) is 17.8 Å². The Bertz CT molecular complexity index is 477. The van der Waals surface area contributed by atoms with E-state index in [1.165, 1.54) is 12.8 Å². The number of hydrogen-bond acceptors (Lipinski definition) is 4. The molecule has 3 aliphatic rings. The highest BCUT2D eigenvalue weighted by Crippen LogP contribution is 2.30. The van der Waals surface area contributed by atoms with Crippen LogP contribution in [-0.2, 0) is 14.3 Å². The Balaban J connectivity index is 0.00000243. The summed E-state index contributed by atoms with van der Waals surface area (Å²) in [5, 5.41) is 3.50. The lowest BCUT2D eigenvalue weighted by atomic mass is 9.91. The van der Waals surface area contributed by atoms with Crippen LogP contribution in [0.15, 0.2) is 4.99 Å². The van der Waals surface area contributed by atoms with Crippen molar-refractivity contribution in [3.63, 3.8) is 0 Å². The summed E-state index contributed by atoms with van der Waals surface area (Å²) in [7, 11) is 3.54. The fourth-order valence-corrected chi connectivity index (χ4v) is 3.82. The van der Waals surface area contributed by atoms with E-state index in [0.717, 1.165) is 58.4 Å². The van der Waals surface area contributed by atoms with Crippen LogP contribution in [0.1, 0.15) is 19.3 Å². The fraction of sp³-hybridized carbons (Fsp3) is 0.889. The maximum absolute atomic E-state index is 11.9. The fourth-order valence-electron chi connectivity index (χ4n) is 3.82. The third-order valence-electron chi connectivity index (χ3n) is 5.59. The third kappa shape index (κ3) is 5.95. The molecule has 7 nitrogen and oxygen atoms in total. The number of nitrogens with zero attached hydrogens (tertiary/aromatic N) is 3. The van der Waals surface area contributed by atoms with E-state index >= 15 is 0 Å². The third-order valence-corrected chi connectivity index (χ3v) is 5.59. The van der Waals surface area contributed by atoms with Crippen molar-refractivity contribution < 1.29 is 14.3 Å². The molecule has 3 aliphatic heterocycles. The van der Waals surface area contributed by atoms with Crippen molar-refractivity contribution in [3.05, 3.63) is 0 Å². The summed E-state index contributed by atoms with van der Waals surface area (Å²) in [6, 6.07) is 0. The molecular weight excluding hydrogens is 447 g/mol. The first kappa shape index (κ1) is 21.7. The molecule has 0 bridgehead atoms. The smallest absolute Gasteiger partial charge is 0.243 e. The molecule has 1 amide bonds. The molecule has 0 aliphatic carbocycles. The van der Waals surface area contributed by atoms with E-state index in [2.05, 4.69) is 15.2 Å². The van der Waals surface area contributed by atoms with Crippen LogP contribution in [0.25, 0.3) is 0 Å². The van der Waals surface area contributed by atoms with Gasteiger partial charge in [-0.3, -0.25) is 4.79 Å². The van der Waals surface area contributed by atoms with Gasteiger partial charge in [0.25, 0.3) is 0 Å². The summed E-state index contributed by atoms with van der Waals surface area (Å²) in [6.07, 6.45) is 3.46. The van der Waals surface area contributed by atoms with E-state index in [1.807, 2.05) is 0 Å². The molecule has 3 heterocycles. The zero-order chi connectivity index (χ0) is 17.6. The number of guanidine groups is 1. The van der Waals surface area contributed by atoms with Crippen LogP contribution < -0.4 is 5.32 Å². The van der Waals surface area contributed by atoms with Crippen LogP contribution in [0, 0.1) is 17.8 Å². The lowest BCUT2D eigenvalue weighted by Gasteiger charge is -2.24. The van der Waals surface area contributed by atoms with E-state index in [4.69, 9.17) is 9.47 Å². The number of rotatable bonds is 5. The number of carbonyl (C=O) groups excluding carboxylic acids is 1. The van der Waals surface area contributed by atoms with Gasteiger partial charge in [-0.05, 0) is 31.1 Å². The van der Waals surface area contributed by atoms with Gasteiger partial charge in [-0.1, -0.05) is 0 Å². The molecule has 0 radical (unpaired) electrons. The summed E-state index contributed by atoms with van der Waals surface area (Å²) >= 11 is 0. The van der Waals surface area contributed by atoms with Crippen molar-refractivity contribution in [1.82, 2.24) is 15.1 Å². The Labute approximate surface area is 173 Å².